The molecule has 0 radical (unpaired) electrons. The average Bonchev–Trinajstić information content (AvgIpc) is 3.00. The van der Waals surface area contributed by atoms with Crippen LogP contribution in [0.4, 0.5) is 0 Å². The van der Waals surface area contributed by atoms with Crippen LogP contribution in [0.15, 0.2) is 48.5 Å². The molecule has 7 heteroatoms. The molecule has 1 amide bonds. The molecule has 2 aromatic rings. The molecule has 3 rings (SSSR count). The number of ether oxygens (including phenoxy) is 1. The van der Waals surface area contributed by atoms with Crippen molar-refractivity contribution in [1.29, 1.82) is 0 Å². The van der Waals surface area contributed by atoms with Crippen molar-refractivity contribution in [3.63, 3.8) is 0 Å². The van der Waals surface area contributed by atoms with Crippen molar-refractivity contribution in [2.24, 2.45) is 0 Å². The van der Waals surface area contributed by atoms with Gasteiger partial charge in [-0.1, -0.05) is 23.7 Å². The topological polar surface area (TPSA) is 63.7 Å². The van der Waals surface area contributed by atoms with Gasteiger partial charge in [0.05, 0.1) is 18.1 Å². The fourth-order valence-corrected chi connectivity index (χ4v) is 5.19. The number of halogens is 1. The molecule has 0 aromatic heterocycles. The van der Waals surface area contributed by atoms with Gasteiger partial charge in [0.25, 0.3) is 5.91 Å². The van der Waals surface area contributed by atoms with Gasteiger partial charge in [-0.25, -0.2) is 8.42 Å². The molecule has 0 spiro atoms. The highest BCUT2D eigenvalue weighted by Gasteiger charge is 2.35. The minimum atomic E-state index is -3.11. The lowest BCUT2D eigenvalue weighted by Crippen LogP contribution is -2.40. The van der Waals surface area contributed by atoms with Crippen LogP contribution in [-0.2, 0) is 16.4 Å². The van der Waals surface area contributed by atoms with Crippen LogP contribution < -0.4 is 4.74 Å². The second-order valence-corrected chi connectivity index (χ2v) is 9.24. The number of hydrogen-bond acceptors (Lipinski definition) is 4. The number of nitrogens with zero attached hydrogens (tertiary/aromatic N) is 1. The summed E-state index contributed by atoms with van der Waals surface area (Å²) in [6, 6.07) is 13.8. The van der Waals surface area contributed by atoms with E-state index in [2.05, 4.69) is 0 Å². The van der Waals surface area contributed by atoms with E-state index in [0.717, 1.165) is 5.56 Å². The van der Waals surface area contributed by atoms with Gasteiger partial charge in [0.1, 0.15) is 5.75 Å². The molecule has 0 saturated carbocycles. The largest absolute Gasteiger partial charge is 0.494 e. The van der Waals surface area contributed by atoms with Gasteiger partial charge in [0.2, 0.25) is 0 Å². The summed E-state index contributed by atoms with van der Waals surface area (Å²) in [4.78, 5) is 14.8. The molecule has 2 aromatic carbocycles. The number of sulfone groups is 1. The highest BCUT2D eigenvalue weighted by atomic mass is 35.5. The van der Waals surface area contributed by atoms with Crippen molar-refractivity contribution in [1.82, 2.24) is 4.90 Å². The Bertz CT molecular complexity index is 912. The third-order valence-corrected chi connectivity index (χ3v) is 6.55. The summed E-state index contributed by atoms with van der Waals surface area (Å²) in [6.45, 7) is 2.76. The first kappa shape index (κ1) is 19.7. The number of carbonyl (C=O) groups is 1. The number of amides is 1. The van der Waals surface area contributed by atoms with Gasteiger partial charge in [0.15, 0.2) is 9.84 Å². The Morgan fingerprint density at radius 2 is 1.96 bits per heavy atom. The molecule has 0 aliphatic carbocycles. The summed E-state index contributed by atoms with van der Waals surface area (Å²) in [5, 5.41) is 0.583. The molecule has 144 valence electrons. The molecule has 1 atom stereocenters. The highest BCUT2D eigenvalue weighted by molar-refractivity contribution is 7.91. The molecule has 0 N–H and O–H groups in total. The number of rotatable bonds is 6. The maximum atomic E-state index is 13.2. The van der Waals surface area contributed by atoms with E-state index in [0.29, 0.717) is 35.9 Å². The molecule has 1 saturated heterocycles. The second-order valence-electron chi connectivity index (χ2n) is 6.58. The lowest BCUT2D eigenvalue weighted by molar-refractivity contribution is 0.0681. The Hall–Kier alpha value is -2.05. The first-order chi connectivity index (χ1) is 12.9. The SMILES string of the molecule is CCOc1ccc(C(=O)N(Cc2cccc(Cl)c2)[C@@H]2CCS(=O)(=O)C2)cc1. The van der Waals surface area contributed by atoms with Gasteiger partial charge in [-0.05, 0) is 55.3 Å². The summed E-state index contributed by atoms with van der Waals surface area (Å²) in [7, 11) is -3.11. The predicted molar refractivity (Wildman–Crippen MR) is 106 cm³/mol. The molecule has 1 heterocycles. The molecule has 0 bridgehead atoms. The zero-order valence-corrected chi connectivity index (χ0v) is 16.7. The van der Waals surface area contributed by atoms with Crippen LogP contribution in [0.1, 0.15) is 29.3 Å². The van der Waals surface area contributed by atoms with Gasteiger partial charge in [-0.2, -0.15) is 0 Å². The van der Waals surface area contributed by atoms with Crippen LogP contribution in [0.5, 0.6) is 5.75 Å². The third-order valence-electron chi connectivity index (χ3n) is 4.56. The van der Waals surface area contributed by atoms with E-state index in [1.807, 2.05) is 19.1 Å². The van der Waals surface area contributed by atoms with E-state index in [-0.39, 0.29) is 23.5 Å². The average molecular weight is 408 g/mol. The fraction of sp³-hybridized carbons (Fsp3) is 0.350. The lowest BCUT2D eigenvalue weighted by Gasteiger charge is -2.28. The quantitative estimate of drug-likeness (QED) is 0.734. The molecule has 27 heavy (non-hydrogen) atoms. The highest BCUT2D eigenvalue weighted by Crippen LogP contribution is 2.24. The number of benzene rings is 2. The van der Waals surface area contributed by atoms with Crippen LogP contribution in [0, 0.1) is 0 Å². The zero-order valence-electron chi connectivity index (χ0n) is 15.1. The standard InChI is InChI=1S/C20H22ClNO4S/c1-2-26-19-8-6-16(7-9-19)20(23)22(18-10-11-27(24,25)14-18)13-15-4-3-5-17(21)12-15/h3-9,12,18H,2,10-11,13-14H2,1H3/t18-/m1/s1. The maximum Gasteiger partial charge on any atom is 0.254 e. The smallest absolute Gasteiger partial charge is 0.254 e. The van der Waals surface area contributed by atoms with Crippen LogP contribution in [0.25, 0.3) is 0 Å². The Morgan fingerprint density at radius 3 is 2.56 bits per heavy atom. The van der Waals surface area contributed by atoms with Crippen molar-refractivity contribution < 1.29 is 17.9 Å². The van der Waals surface area contributed by atoms with Crippen LogP contribution in [0.3, 0.4) is 0 Å². The van der Waals surface area contributed by atoms with Crippen molar-refractivity contribution in [3.05, 3.63) is 64.7 Å². The summed E-state index contributed by atoms with van der Waals surface area (Å²) in [5.41, 5.74) is 1.37. The monoisotopic (exact) mass is 407 g/mol. The molecular weight excluding hydrogens is 386 g/mol. The van der Waals surface area contributed by atoms with E-state index >= 15 is 0 Å². The summed E-state index contributed by atoms with van der Waals surface area (Å²) >= 11 is 6.06. The molecule has 1 aliphatic rings. The van der Waals surface area contributed by atoms with Gasteiger partial charge in [-0.15, -0.1) is 0 Å². The van der Waals surface area contributed by atoms with E-state index in [1.54, 1.807) is 41.3 Å². The maximum absolute atomic E-state index is 13.2. The van der Waals surface area contributed by atoms with Gasteiger partial charge >= 0.3 is 0 Å². The van der Waals surface area contributed by atoms with Crippen molar-refractivity contribution in [2.45, 2.75) is 25.9 Å². The summed E-state index contributed by atoms with van der Waals surface area (Å²) in [6.07, 6.45) is 0.450. The molecule has 1 aliphatic heterocycles. The molecule has 5 nitrogen and oxygen atoms in total. The Labute approximate surface area is 164 Å². The van der Waals surface area contributed by atoms with E-state index in [1.165, 1.54) is 0 Å². The second kappa shape index (κ2) is 8.31. The third kappa shape index (κ3) is 5.02. The minimum absolute atomic E-state index is 0.00364. The van der Waals surface area contributed by atoms with E-state index in [9.17, 15) is 13.2 Å². The van der Waals surface area contributed by atoms with Crippen molar-refractivity contribution in [3.8, 4) is 5.75 Å². The van der Waals surface area contributed by atoms with Gasteiger partial charge in [0, 0.05) is 23.2 Å². The van der Waals surface area contributed by atoms with Gasteiger partial charge in [-0.3, -0.25) is 4.79 Å². The fourth-order valence-electron chi connectivity index (χ4n) is 3.25. The summed E-state index contributed by atoms with van der Waals surface area (Å²) in [5.74, 6) is 0.607. The van der Waals surface area contributed by atoms with E-state index in [4.69, 9.17) is 16.3 Å². The molecule has 1 fully saturated rings. The normalized spacial score (nSPS) is 18.2. The lowest BCUT2D eigenvalue weighted by atomic mass is 10.1. The van der Waals surface area contributed by atoms with Crippen LogP contribution >= 0.6 is 11.6 Å². The van der Waals surface area contributed by atoms with E-state index < -0.39 is 9.84 Å². The van der Waals surface area contributed by atoms with Gasteiger partial charge < -0.3 is 9.64 Å². The van der Waals surface area contributed by atoms with Crippen LogP contribution in [0.2, 0.25) is 5.02 Å². The Balaban J connectivity index is 1.87. The van der Waals surface area contributed by atoms with Crippen molar-refractivity contribution >= 4 is 27.3 Å². The first-order valence-electron chi connectivity index (χ1n) is 8.86. The Morgan fingerprint density at radius 1 is 1.22 bits per heavy atom. The minimum Gasteiger partial charge on any atom is -0.494 e. The number of hydrogen-bond donors (Lipinski definition) is 0. The zero-order chi connectivity index (χ0) is 19.4. The van der Waals surface area contributed by atoms with Crippen molar-refractivity contribution in [2.75, 3.05) is 18.1 Å². The first-order valence-corrected chi connectivity index (χ1v) is 11.1. The molecule has 0 unspecified atom stereocenters. The Kier molecular flexibility index (Phi) is 6.07. The summed E-state index contributed by atoms with van der Waals surface area (Å²) < 4.78 is 29.3. The van der Waals surface area contributed by atoms with Crippen LogP contribution in [-0.4, -0.2) is 43.4 Å². The molecular formula is C20H22ClNO4S. The predicted octanol–water partition coefficient (Wildman–Crippen LogP) is 3.57. The number of carbonyl (C=O) groups excluding carboxylic acids is 1.